The van der Waals surface area contributed by atoms with E-state index < -0.39 is 44.3 Å². The standard InChI is InChI=1S/C22H23N7O8/c1-5-27(12-21(31)37-6-2)18-9-16(24-13(3)30)17(10-20(18)36-4)25-26-22-14(11-23)7-15(28(32)33)8-19(22)29(34)35/h7-10H,5-6,12H2,1-4H3,(H,24,30). The van der Waals surface area contributed by atoms with Gasteiger partial charge in [0.1, 0.15) is 24.1 Å². The van der Waals surface area contributed by atoms with Crippen LogP contribution in [-0.2, 0) is 14.3 Å². The number of carbonyl (C=O) groups is 2. The number of anilines is 2. The van der Waals surface area contributed by atoms with Crippen LogP contribution in [0.5, 0.6) is 5.75 Å². The molecule has 0 unspecified atom stereocenters. The van der Waals surface area contributed by atoms with E-state index in [0.717, 1.165) is 6.07 Å². The number of nitro groups is 2. The third-order valence-electron chi connectivity index (χ3n) is 4.82. The summed E-state index contributed by atoms with van der Waals surface area (Å²) in [7, 11) is 1.37. The first-order valence-electron chi connectivity index (χ1n) is 10.7. The number of hydrogen-bond donors (Lipinski definition) is 1. The van der Waals surface area contributed by atoms with Crippen molar-refractivity contribution in [1.82, 2.24) is 0 Å². The summed E-state index contributed by atoms with van der Waals surface area (Å²) in [5.74, 6) is -0.723. The number of esters is 1. The zero-order valence-electron chi connectivity index (χ0n) is 20.4. The van der Waals surface area contributed by atoms with Gasteiger partial charge in [-0.3, -0.25) is 29.8 Å². The molecule has 194 valence electrons. The number of nitro benzene ring substituents is 2. The van der Waals surface area contributed by atoms with Crippen molar-refractivity contribution >= 4 is 46.0 Å². The van der Waals surface area contributed by atoms with Gasteiger partial charge in [-0.2, -0.15) is 5.26 Å². The van der Waals surface area contributed by atoms with Crippen molar-refractivity contribution in [3.05, 3.63) is 50.1 Å². The lowest BCUT2D eigenvalue weighted by Crippen LogP contribution is -2.31. The normalized spacial score (nSPS) is 10.5. The van der Waals surface area contributed by atoms with Crippen molar-refractivity contribution in [2.45, 2.75) is 20.8 Å². The summed E-state index contributed by atoms with van der Waals surface area (Å²) in [4.78, 5) is 46.4. The molecule has 0 bridgehead atoms. The number of hydrogen-bond acceptors (Lipinski definition) is 12. The van der Waals surface area contributed by atoms with Crippen LogP contribution in [0.25, 0.3) is 0 Å². The predicted molar refractivity (Wildman–Crippen MR) is 130 cm³/mol. The summed E-state index contributed by atoms with van der Waals surface area (Å²) >= 11 is 0. The molecular weight excluding hydrogens is 490 g/mol. The van der Waals surface area contributed by atoms with E-state index in [2.05, 4.69) is 15.5 Å². The monoisotopic (exact) mass is 513 g/mol. The van der Waals surface area contributed by atoms with Crippen LogP contribution < -0.4 is 15.0 Å². The summed E-state index contributed by atoms with van der Waals surface area (Å²) in [6, 6.07) is 6.01. The molecule has 0 radical (unpaired) electrons. The Morgan fingerprint density at radius 1 is 1.14 bits per heavy atom. The Kier molecular flexibility index (Phi) is 9.53. The summed E-state index contributed by atoms with van der Waals surface area (Å²) in [5.41, 5.74) is -1.87. The Labute approximate surface area is 210 Å². The molecule has 15 heteroatoms. The van der Waals surface area contributed by atoms with Gasteiger partial charge in [-0.05, 0) is 19.9 Å². The van der Waals surface area contributed by atoms with Crippen LogP contribution in [0.15, 0.2) is 34.5 Å². The number of nitrogens with zero attached hydrogens (tertiary/aromatic N) is 6. The number of benzene rings is 2. The third-order valence-corrected chi connectivity index (χ3v) is 4.82. The molecule has 15 nitrogen and oxygen atoms in total. The zero-order valence-corrected chi connectivity index (χ0v) is 20.4. The van der Waals surface area contributed by atoms with Crippen molar-refractivity contribution in [3.8, 4) is 11.8 Å². The number of nitriles is 1. The van der Waals surface area contributed by atoms with Gasteiger partial charge in [-0.15, -0.1) is 10.2 Å². The van der Waals surface area contributed by atoms with E-state index in [1.54, 1.807) is 24.8 Å². The number of carbonyl (C=O) groups excluding carboxylic acids is 2. The summed E-state index contributed by atoms with van der Waals surface area (Å²) < 4.78 is 10.4. The Morgan fingerprint density at radius 3 is 2.35 bits per heavy atom. The van der Waals surface area contributed by atoms with Crippen molar-refractivity contribution < 1.29 is 28.9 Å². The van der Waals surface area contributed by atoms with Crippen LogP contribution in [0.4, 0.5) is 34.1 Å². The minimum atomic E-state index is -0.922. The van der Waals surface area contributed by atoms with E-state index in [9.17, 15) is 35.1 Å². The van der Waals surface area contributed by atoms with Crippen LogP contribution in [0.1, 0.15) is 26.3 Å². The third kappa shape index (κ3) is 6.94. The maximum atomic E-state index is 12.1. The number of ether oxygens (including phenoxy) is 2. The highest BCUT2D eigenvalue weighted by molar-refractivity contribution is 5.94. The number of methoxy groups -OCH3 is 1. The smallest absolute Gasteiger partial charge is 0.325 e. The van der Waals surface area contributed by atoms with Crippen LogP contribution in [-0.4, -0.2) is 48.5 Å². The predicted octanol–water partition coefficient (Wildman–Crippen LogP) is 4.15. The second-order valence-electron chi connectivity index (χ2n) is 7.23. The topological polar surface area (TPSA) is 203 Å². The van der Waals surface area contributed by atoms with Gasteiger partial charge in [0.05, 0.1) is 46.6 Å². The number of nitrogens with one attached hydrogen (secondary N) is 1. The average Bonchev–Trinajstić information content (AvgIpc) is 2.85. The van der Waals surface area contributed by atoms with Gasteiger partial charge >= 0.3 is 11.7 Å². The Bertz CT molecular complexity index is 1300. The molecule has 2 aromatic carbocycles. The molecule has 0 spiro atoms. The van der Waals surface area contributed by atoms with Gasteiger partial charge in [0.25, 0.3) is 5.69 Å². The van der Waals surface area contributed by atoms with Crippen LogP contribution >= 0.6 is 0 Å². The highest BCUT2D eigenvalue weighted by Gasteiger charge is 2.25. The lowest BCUT2D eigenvalue weighted by molar-refractivity contribution is -0.393. The molecule has 37 heavy (non-hydrogen) atoms. The molecule has 0 saturated heterocycles. The van der Waals surface area contributed by atoms with E-state index in [0.29, 0.717) is 18.3 Å². The first-order chi connectivity index (χ1) is 17.6. The Balaban J connectivity index is 2.69. The molecule has 0 aliphatic heterocycles. The van der Waals surface area contributed by atoms with E-state index >= 15 is 0 Å². The van der Waals surface area contributed by atoms with Crippen molar-refractivity contribution in [1.29, 1.82) is 5.26 Å². The first kappa shape index (κ1) is 28.1. The molecule has 0 aromatic heterocycles. The van der Waals surface area contributed by atoms with Crippen molar-refractivity contribution in [2.24, 2.45) is 10.2 Å². The van der Waals surface area contributed by atoms with Crippen molar-refractivity contribution in [2.75, 3.05) is 37.0 Å². The summed E-state index contributed by atoms with van der Waals surface area (Å²) in [6.45, 7) is 5.18. The van der Waals surface area contributed by atoms with Gasteiger partial charge in [-0.1, -0.05) is 0 Å². The zero-order chi connectivity index (χ0) is 27.7. The van der Waals surface area contributed by atoms with Gasteiger partial charge < -0.3 is 19.7 Å². The Hall–Kier alpha value is -5.13. The fraction of sp³-hybridized carbons (Fsp3) is 0.318. The molecular formula is C22H23N7O8. The Morgan fingerprint density at radius 2 is 1.84 bits per heavy atom. The molecule has 0 heterocycles. The van der Waals surface area contributed by atoms with Gasteiger partial charge in [0.2, 0.25) is 5.91 Å². The maximum Gasteiger partial charge on any atom is 0.325 e. The average molecular weight is 513 g/mol. The van der Waals surface area contributed by atoms with Crippen LogP contribution in [0.2, 0.25) is 0 Å². The van der Waals surface area contributed by atoms with Gasteiger partial charge in [0.15, 0.2) is 5.69 Å². The molecule has 2 aromatic rings. The maximum absolute atomic E-state index is 12.1. The largest absolute Gasteiger partial charge is 0.494 e. The first-order valence-corrected chi connectivity index (χ1v) is 10.7. The highest BCUT2D eigenvalue weighted by atomic mass is 16.6. The number of non-ortho nitro benzene ring substituents is 1. The molecule has 0 atom stereocenters. The molecule has 0 saturated carbocycles. The van der Waals surface area contributed by atoms with Crippen LogP contribution in [0, 0.1) is 31.6 Å². The molecule has 1 amide bonds. The SMILES string of the molecule is CCOC(=O)CN(CC)c1cc(NC(C)=O)c(N=Nc2c(C#N)cc([N+](=O)[O-])cc2[N+](=O)[O-])cc1OC. The van der Waals surface area contributed by atoms with Gasteiger partial charge in [0, 0.05) is 25.6 Å². The summed E-state index contributed by atoms with van der Waals surface area (Å²) in [6.07, 6.45) is 0. The quantitative estimate of drug-likeness (QED) is 0.197. The lowest BCUT2D eigenvalue weighted by Gasteiger charge is -2.25. The minimum absolute atomic E-state index is 0.000437. The van der Waals surface area contributed by atoms with E-state index in [1.807, 2.05) is 0 Å². The molecule has 2 rings (SSSR count). The van der Waals surface area contributed by atoms with Gasteiger partial charge in [-0.25, -0.2) is 0 Å². The molecule has 0 aliphatic rings. The molecule has 0 aliphatic carbocycles. The van der Waals surface area contributed by atoms with Crippen molar-refractivity contribution in [3.63, 3.8) is 0 Å². The minimum Gasteiger partial charge on any atom is -0.494 e. The number of likely N-dealkylation sites (N-methyl/N-ethyl adjacent to an activating group) is 1. The number of azo groups is 1. The van der Waals surface area contributed by atoms with E-state index in [4.69, 9.17) is 9.47 Å². The van der Waals surface area contributed by atoms with E-state index in [1.165, 1.54) is 26.2 Å². The second-order valence-corrected chi connectivity index (χ2v) is 7.23. The lowest BCUT2D eigenvalue weighted by atomic mass is 10.1. The summed E-state index contributed by atoms with van der Waals surface area (Å²) in [5, 5.41) is 42.4. The highest BCUT2D eigenvalue weighted by Crippen LogP contribution is 2.41. The molecule has 0 fully saturated rings. The fourth-order valence-electron chi connectivity index (χ4n) is 3.21. The fourth-order valence-corrected chi connectivity index (χ4v) is 3.21. The number of rotatable bonds is 11. The van der Waals surface area contributed by atoms with Crippen LogP contribution in [0.3, 0.4) is 0 Å². The molecule has 1 N–H and O–H groups in total. The van der Waals surface area contributed by atoms with E-state index in [-0.39, 0.29) is 30.3 Å². The second kappa shape index (κ2) is 12.5. The number of amides is 1.